The van der Waals surface area contributed by atoms with Crippen LogP contribution in [0.4, 0.5) is 0 Å². The van der Waals surface area contributed by atoms with Crippen molar-refractivity contribution in [2.45, 2.75) is 53.1 Å². The molecule has 0 radical (unpaired) electrons. The van der Waals surface area contributed by atoms with Gasteiger partial charge in [-0.1, -0.05) is 13.8 Å². The molecule has 0 rings (SSSR count). The normalized spacial score (nSPS) is 13.3. The van der Waals surface area contributed by atoms with Crippen LogP contribution in [0.15, 0.2) is 0 Å². The predicted molar refractivity (Wildman–Crippen MR) is 73.2 cm³/mol. The van der Waals surface area contributed by atoms with E-state index in [0.717, 1.165) is 0 Å². The molecule has 0 aromatic heterocycles. The molecule has 0 heterocycles. The molecule has 0 aromatic carbocycles. The van der Waals surface area contributed by atoms with Crippen LogP contribution >= 0.6 is 0 Å². The zero-order chi connectivity index (χ0) is 14.3. The molecular weight excluding hydrogens is 230 g/mol. The van der Waals surface area contributed by atoms with Gasteiger partial charge in [0.15, 0.2) is 0 Å². The van der Waals surface area contributed by atoms with Crippen molar-refractivity contribution in [1.82, 2.24) is 16.0 Å². The van der Waals surface area contributed by atoms with Crippen LogP contribution in [0.3, 0.4) is 0 Å². The van der Waals surface area contributed by atoms with Gasteiger partial charge in [0.1, 0.15) is 0 Å². The Morgan fingerprint density at radius 1 is 1.11 bits per heavy atom. The van der Waals surface area contributed by atoms with E-state index in [1.165, 1.54) is 0 Å². The molecular formula is C13H27N3O2. The van der Waals surface area contributed by atoms with Gasteiger partial charge in [0.05, 0.1) is 12.6 Å². The predicted octanol–water partition coefficient (Wildman–Crippen LogP) is 0.651. The standard InChI is InChI=1S/C13H27N3O2/c1-9(2)7-15-11(17)8-14-10(3)12(18)16-13(4,5)6/h9-10,14H,7-8H2,1-6H3,(H,15,17)(H,16,18). The van der Waals surface area contributed by atoms with Crippen LogP contribution in [0.25, 0.3) is 0 Å². The first kappa shape index (κ1) is 16.9. The van der Waals surface area contributed by atoms with Crippen LogP contribution < -0.4 is 16.0 Å². The zero-order valence-corrected chi connectivity index (χ0v) is 12.4. The average molecular weight is 257 g/mol. The Morgan fingerprint density at radius 2 is 1.67 bits per heavy atom. The van der Waals surface area contributed by atoms with Gasteiger partial charge in [-0.25, -0.2) is 0 Å². The molecule has 1 atom stereocenters. The zero-order valence-electron chi connectivity index (χ0n) is 12.4. The lowest BCUT2D eigenvalue weighted by Gasteiger charge is -2.23. The second-order valence-electron chi connectivity index (χ2n) is 6.04. The topological polar surface area (TPSA) is 70.2 Å². The van der Waals surface area contributed by atoms with Crippen molar-refractivity contribution >= 4 is 11.8 Å². The molecule has 5 heteroatoms. The van der Waals surface area contributed by atoms with E-state index in [-0.39, 0.29) is 29.9 Å². The van der Waals surface area contributed by atoms with E-state index < -0.39 is 0 Å². The first-order valence-corrected chi connectivity index (χ1v) is 6.44. The molecule has 3 N–H and O–H groups in total. The maximum absolute atomic E-state index is 11.7. The Hall–Kier alpha value is -1.10. The third kappa shape index (κ3) is 8.98. The van der Waals surface area contributed by atoms with Crippen molar-refractivity contribution < 1.29 is 9.59 Å². The maximum atomic E-state index is 11.7. The Bertz CT molecular complexity index is 282. The van der Waals surface area contributed by atoms with Gasteiger partial charge in [-0.2, -0.15) is 0 Å². The Balaban J connectivity index is 3.92. The molecule has 0 aliphatic rings. The van der Waals surface area contributed by atoms with Gasteiger partial charge in [0.25, 0.3) is 0 Å². The summed E-state index contributed by atoms with van der Waals surface area (Å²) < 4.78 is 0. The number of nitrogens with one attached hydrogen (secondary N) is 3. The third-order valence-electron chi connectivity index (χ3n) is 2.17. The van der Waals surface area contributed by atoms with E-state index in [1.807, 2.05) is 34.6 Å². The first-order valence-electron chi connectivity index (χ1n) is 6.44. The van der Waals surface area contributed by atoms with E-state index in [4.69, 9.17) is 0 Å². The van der Waals surface area contributed by atoms with Crippen LogP contribution in [0, 0.1) is 5.92 Å². The third-order valence-corrected chi connectivity index (χ3v) is 2.17. The van der Waals surface area contributed by atoms with Gasteiger partial charge in [-0.3, -0.25) is 14.9 Å². The van der Waals surface area contributed by atoms with Crippen molar-refractivity contribution in [3.63, 3.8) is 0 Å². The molecule has 0 aromatic rings. The first-order chi connectivity index (χ1) is 8.11. The lowest BCUT2D eigenvalue weighted by atomic mass is 10.1. The molecule has 0 aliphatic heterocycles. The monoisotopic (exact) mass is 257 g/mol. The number of rotatable bonds is 6. The van der Waals surface area contributed by atoms with E-state index in [2.05, 4.69) is 16.0 Å². The summed E-state index contributed by atoms with van der Waals surface area (Å²) in [5.41, 5.74) is -0.257. The summed E-state index contributed by atoms with van der Waals surface area (Å²) in [6.45, 7) is 12.4. The summed E-state index contributed by atoms with van der Waals surface area (Å²) in [7, 11) is 0. The summed E-state index contributed by atoms with van der Waals surface area (Å²) in [6, 6.07) is -0.381. The summed E-state index contributed by atoms with van der Waals surface area (Å²) in [4.78, 5) is 23.2. The SMILES string of the molecule is CC(C)CNC(=O)CNC(C)C(=O)NC(C)(C)C. The largest absolute Gasteiger partial charge is 0.355 e. The van der Waals surface area contributed by atoms with Crippen LogP contribution in [0.1, 0.15) is 41.5 Å². The fourth-order valence-corrected chi connectivity index (χ4v) is 1.20. The molecule has 0 bridgehead atoms. The van der Waals surface area contributed by atoms with Gasteiger partial charge in [0, 0.05) is 12.1 Å². The van der Waals surface area contributed by atoms with Gasteiger partial charge in [-0.05, 0) is 33.6 Å². The molecule has 0 aliphatic carbocycles. The maximum Gasteiger partial charge on any atom is 0.237 e. The van der Waals surface area contributed by atoms with Crippen molar-refractivity contribution in [2.75, 3.05) is 13.1 Å². The average Bonchev–Trinajstić information content (AvgIpc) is 2.20. The van der Waals surface area contributed by atoms with Crippen molar-refractivity contribution in [1.29, 1.82) is 0 Å². The lowest BCUT2D eigenvalue weighted by Crippen LogP contribution is -2.51. The number of hydrogen-bond acceptors (Lipinski definition) is 3. The fourth-order valence-electron chi connectivity index (χ4n) is 1.20. The van der Waals surface area contributed by atoms with Crippen LogP contribution in [-0.2, 0) is 9.59 Å². The summed E-state index contributed by atoms with van der Waals surface area (Å²) in [5, 5.41) is 8.56. The molecule has 0 spiro atoms. The minimum Gasteiger partial charge on any atom is -0.355 e. The van der Waals surface area contributed by atoms with Gasteiger partial charge >= 0.3 is 0 Å². The highest BCUT2D eigenvalue weighted by atomic mass is 16.2. The van der Waals surface area contributed by atoms with Gasteiger partial charge in [0.2, 0.25) is 11.8 Å². The number of amides is 2. The molecule has 5 nitrogen and oxygen atoms in total. The number of carbonyl (C=O) groups is 2. The van der Waals surface area contributed by atoms with E-state index >= 15 is 0 Å². The molecule has 106 valence electrons. The molecule has 18 heavy (non-hydrogen) atoms. The Labute approximate surface area is 110 Å². The molecule has 1 unspecified atom stereocenters. The van der Waals surface area contributed by atoms with Crippen LogP contribution in [0.2, 0.25) is 0 Å². The van der Waals surface area contributed by atoms with E-state index in [0.29, 0.717) is 12.5 Å². The molecule has 2 amide bonds. The molecule has 0 fully saturated rings. The summed E-state index contributed by atoms with van der Waals surface area (Å²) in [6.07, 6.45) is 0. The number of hydrogen-bond donors (Lipinski definition) is 3. The van der Waals surface area contributed by atoms with Crippen LogP contribution in [-0.4, -0.2) is 36.5 Å². The minimum absolute atomic E-state index is 0.0842. The number of carbonyl (C=O) groups excluding carboxylic acids is 2. The van der Waals surface area contributed by atoms with Crippen molar-refractivity contribution in [3.05, 3.63) is 0 Å². The van der Waals surface area contributed by atoms with E-state index in [1.54, 1.807) is 6.92 Å². The lowest BCUT2D eigenvalue weighted by molar-refractivity contribution is -0.124. The highest BCUT2D eigenvalue weighted by Crippen LogP contribution is 1.99. The highest BCUT2D eigenvalue weighted by molar-refractivity contribution is 5.83. The van der Waals surface area contributed by atoms with Crippen molar-refractivity contribution in [2.24, 2.45) is 5.92 Å². The van der Waals surface area contributed by atoms with Gasteiger partial charge in [-0.15, -0.1) is 0 Å². The minimum atomic E-state index is -0.381. The second kappa shape index (κ2) is 7.36. The Morgan fingerprint density at radius 3 is 2.11 bits per heavy atom. The fraction of sp³-hybridized carbons (Fsp3) is 0.846. The van der Waals surface area contributed by atoms with Crippen molar-refractivity contribution in [3.8, 4) is 0 Å². The van der Waals surface area contributed by atoms with Gasteiger partial charge < -0.3 is 10.6 Å². The summed E-state index contributed by atoms with van der Waals surface area (Å²) in [5.74, 6) is 0.244. The smallest absolute Gasteiger partial charge is 0.237 e. The quantitative estimate of drug-likeness (QED) is 0.654. The van der Waals surface area contributed by atoms with Crippen LogP contribution in [0.5, 0.6) is 0 Å². The molecule has 0 saturated heterocycles. The molecule has 0 saturated carbocycles. The highest BCUT2D eigenvalue weighted by Gasteiger charge is 2.19. The second-order valence-corrected chi connectivity index (χ2v) is 6.04. The Kier molecular flexibility index (Phi) is 6.91. The summed E-state index contributed by atoms with van der Waals surface area (Å²) >= 11 is 0. The van der Waals surface area contributed by atoms with E-state index in [9.17, 15) is 9.59 Å².